The lowest BCUT2D eigenvalue weighted by Gasteiger charge is -2.37. The molecule has 0 radical (unpaired) electrons. The number of allylic oxidation sites excluding steroid dienone is 3. The molecule has 0 spiro atoms. The second-order valence-corrected chi connectivity index (χ2v) is 8.86. The van der Waals surface area contributed by atoms with Gasteiger partial charge in [-0.05, 0) is 42.7 Å². The number of ether oxygens (including phenoxy) is 2. The molecular weight excluding hydrogens is 460 g/mol. The highest BCUT2D eigenvalue weighted by atomic mass is 16.5. The number of ketones is 1. The average Bonchev–Trinajstić information content (AvgIpc) is 3.40. The molecule has 1 aliphatic carbocycles. The number of nitrogens with one attached hydrogen (secondary N) is 1. The smallest absolute Gasteiger partial charge is 0.337 e. The molecule has 5 rings (SSSR count). The second kappa shape index (κ2) is 9.73. The van der Waals surface area contributed by atoms with Crippen molar-refractivity contribution in [2.45, 2.75) is 38.2 Å². The minimum Gasteiger partial charge on any atom is -0.508 e. The predicted octanol–water partition coefficient (Wildman–Crippen LogP) is 4.49. The molecule has 0 saturated carbocycles. The third kappa shape index (κ3) is 4.37. The van der Waals surface area contributed by atoms with Crippen LogP contribution in [-0.4, -0.2) is 29.0 Å². The lowest BCUT2D eigenvalue weighted by molar-refractivity contribution is -0.141. The monoisotopic (exact) mass is 486 g/mol. The fraction of sp³-hybridized carbons (Fsp3) is 0.250. The van der Waals surface area contributed by atoms with E-state index in [0.29, 0.717) is 28.8 Å². The van der Waals surface area contributed by atoms with Crippen LogP contribution in [-0.2, 0) is 20.9 Å². The Morgan fingerprint density at radius 1 is 1.19 bits per heavy atom. The van der Waals surface area contributed by atoms with Crippen molar-refractivity contribution >= 4 is 11.8 Å². The summed E-state index contributed by atoms with van der Waals surface area (Å²) in [5.74, 6) is -0.354. The van der Waals surface area contributed by atoms with Crippen LogP contribution < -0.4 is 10.1 Å². The van der Waals surface area contributed by atoms with Crippen molar-refractivity contribution in [3.8, 4) is 11.5 Å². The molecule has 2 unspecified atom stereocenters. The zero-order valence-corrected chi connectivity index (χ0v) is 20.0. The van der Waals surface area contributed by atoms with Gasteiger partial charge in [-0.25, -0.2) is 9.78 Å². The Morgan fingerprint density at radius 3 is 2.78 bits per heavy atom. The van der Waals surface area contributed by atoms with E-state index >= 15 is 0 Å². The van der Waals surface area contributed by atoms with Gasteiger partial charge in [0, 0.05) is 35.2 Å². The van der Waals surface area contributed by atoms with E-state index in [2.05, 4.69) is 10.3 Å². The summed E-state index contributed by atoms with van der Waals surface area (Å²) < 4.78 is 16.2. The quantitative estimate of drug-likeness (QED) is 0.490. The van der Waals surface area contributed by atoms with Gasteiger partial charge in [0.25, 0.3) is 0 Å². The summed E-state index contributed by atoms with van der Waals surface area (Å²) in [5.41, 5.74) is 3.78. The summed E-state index contributed by atoms with van der Waals surface area (Å²) in [6.07, 6.45) is 3.73. The normalized spacial score (nSPS) is 19.6. The number of hydrogen-bond acceptors (Lipinski definition) is 8. The van der Waals surface area contributed by atoms with Gasteiger partial charge in [0.1, 0.15) is 17.8 Å². The number of aromatic nitrogens is 1. The van der Waals surface area contributed by atoms with Crippen molar-refractivity contribution < 1.29 is 28.6 Å². The van der Waals surface area contributed by atoms with Crippen molar-refractivity contribution in [3.05, 3.63) is 101 Å². The molecule has 1 aliphatic heterocycles. The van der Waals surface area contributed by atoms with Crippen LogP contribution in [0, 0.1) is 0 Å². The third-order valence-electron chi connectivity index (χ3n) is 6.64. The molecule has 36 heavy (non-hydrogen) atoms. The predicted molar refractivity (Wildman–Crippen MR) is 130 cm³/mol. The minimum atomic E-state index is -0.684. The van der Waals surface area contributed by atoms with Crippen molar-refractivity contribution in [3.63, 3.8) is 0 Å². The molecule has 8 nitrogen and oxygen atoms in total. The van der Waals surface area contributed by atoms with Crippen molar-refractivity contribution in [1.82, 2.24) is 10.3 Å². The number of dihydropyridines is 1. The molecule has 2 aliphatic rings. The number of carbonyl (C=O) groups excluding carboxylic acids is 2. The van der Waals surface area contributed by atoms with E-state index in [1.54, 1.807) is 38.3 Å². The summed E-state index contributed by atoms with van der Waals surface area (Å²) in [6.45, 7) is 1.66. The zero-order chi connectivity index (χ0) is 25.2. The van der Waals surface area contributed by atoms with Crippen molar-refractivity contribution in [1.29, 1.82) is 0 Å². The molecule has 2 aromatic carbocycles. The molecule has 0 bridgehead atoms. The maximum atomic E-state index is 13.7. The van der Waals surface area contributed by atoms with Crippen molar-refractivity contribution in [2.75, 3.05) is 7.11 Å². The van der Waals surface area contributed by atoms with E-state index in [9.17, 15) is 14.7 Å². The number of aromatic hydroxyl groups is 1. The van der Waals surface area contributed by atoms with Crippen LogP contribution in [0.2, 0.25) is 0 Å². The number of Topliss-reactive ketones (excluding diaryl/α,β-unsaturated/α-hetero) is 1. The molecule has 8 heteroatoms. The number of phenols is 1. The summed E-state index contributed by atoms with van der Waals surface area (Å²) in [6, 6.07) is 14.3. The first-order valence-corrected chi connectivity index (χ1v) is 11.7. The van der Waals surface area contributed by atoms with Crippen molar-refractivity contribution in [2.24, 2.45) is 0 Å². The molecule has 2 heterocycles. The van der Waals surface area contributed by atoms with Crippen LogP contribution in [0.5, 0.6) is 11.5 Å². The first kappa shape index (κ1) is 23.4. The van der Waals surface area contributed by atoms with Gasteiger partial charge >= 0.3 is 5.97 Å². The number of benzene rings is 2. The number of nitrogens with zero attached hydrogens (tertiary/aromatic N) is 1. The lowest BCUT2D eigenvalue weighted by atomic mass is 9.71. The lowest BCUT2D eigenvalue weighted by Crippen LogP contribution is -2.36. The second-order valence-electron chi connectivity index (χ2n) is 8.86. The number of phenolic OH excluding ortho intramolecular Hbond substituents is 1. The molecule has 0 fully saturated rings. The number of methoxy groups -OCH3 is 1. The number of hydrogen-bond donors (Lipinski definition) is 2. The van der Waals surface area contributed by atoms with Crippen LogP contribution in [0.4, 0.5) is 0 Å². The summed E-state index contributed by atoms with van der Waals surface area (Å²) in [5, 5.41) is 13.5. The van der Waals surface area contributed by atoms with Gasteiger partial charge in [0.15, 0.2) is 12.4 Å². The first-order valence-electron chi connectivity index (χ1n) is 11.7. The summed E-state index contributed by atoms with van der Waals surface area (Å²) in [7, 11) is 1.62. The van der Waals surface area contributed by atoms with Crippen LogP contribution in [0.3, 0.4) is 0 Å². The van der Waals surface area contributed by atoms with E-state index in [4.69, 9.17) is 13.9 Å². The Morgan fingerprint density at radius 2 is 2.03 bits per heavy atom. The minimum absolute atomic E-state index is 0.0495. The Hall–Kier alpha value is -4.33. The maximum Gasteiger partial charge on any atom is 0.337 e. The van der Waals surface area contributed by atoms with E-state index in [-0.39, 0.29) is 36.4 Å². The Labute approximate surface area is 208 Å². The van der Waals surface area contributed by atoms with E-state index < -0.39 is 11.9 Å². The number of esters is 1. The van der Waals surface area contributed by atoms with Gasteiger partial charge in [-0.1, -0.05) is 30.3 Å². The van der Waals surface area contributed by atoms with Gasteiger partial charge < -0.3 is 24.3 Å². The van der Waals surface area contributed by atoms with Crippen LogP contribution in [0.1, 0.15) is 48.6 Å². The van der Waals surface area contributed by atoms with Crippen LogP contribution in [0.15, 0.2) is 87.9 Å². The van der Waals surface area contributed by atoms with E-state index in [0.717, 1.165) is 17.0 Å². The fourth-order valence-corrected chi connectivity index (χ4v) is 5.10. The average molecular weight is 487 g/mol. The van der Waals surface area contributed by atoms with Gasteiger partial charge in [-0.15, -0.1) is 0 Å². The summed E-state index contributed by atoms with van der Waals surface area (Å²) >= 11 is 0. The fourth-order valence-electron chi connectivity index (χ4n) is 5.10. The molecule has 2 N–H and O–H groups in total. The molecular formula is C28H26N2O6. The van der Waals surface area contributed by atoms with E-state index in [1.165, 1.54) is 12.5 Å². The highest BCUT2D eigenvalue weighted by molar-refractivity contribution is 6.04. The molecule has 0 saturated heterocycles. The molecule has 2 atom stereocenters. The standard InChI is InChI=1S/C28H26N2O6/c1-16-25(28(33)36-15-24-29-10-11-35-24)26(17-6-5-7-19(31)12-17)27-21(30-16)13-18(14-22(27)32)20-8-3-4-9-23(20)34-2/h3-12,18,26,30-31H,13-15H2,1-2H3. The molecule has 1 aromatic heterocycles. The van der Waals surface area contributed by atoms with Gasteiger partial charge in [-0.3, -0.25) is 4.79 Å². The summed E-state index contributed by atoms with van der Waals surface area (Å²) in [4.78, 5) is 31.0. The highest BCUT2D eigenvalue weighted by Crippen LogP contribution is 2.47. The SMILES string of the molecule is COc1ccccc1C1CC(=O)C2=C(C1)NC(C)=C(C(=O)OCc1ncco1)C2c1cccc(O)c1. The third-order valence-corrected chi connectivity index (χ3v) is 6.64. The topological polar surface area (TPSA) is 111 Å². The number of para-hydroxylation sites is 1. The van der Waals surface area contributed by atoms with Gasteiger partial charge in [0.05, 0.1) is 18.9 Å². The zero-order valence-electron chi connectivity index (χ0n) is 20.0. The molecule has 184 valence electrons. The van der Waals surface area contributed by atoms with Crippen LogP contribution in [0.25, 0.3) is 0 Å². The molecule has 3 aromatic rings. The Balaban J connectivity index is 1.54. The maximum absolute atomic E-state index is 13.7. The highest BCUT2D eigenvalue weighted by Gasteiger charge is 2.42. The molecule has 0 amide bonds. The Kier molecular flexibility index (Phi) is 6.33. The van der Waals surface area contributed by atoms with Crippen LogP contribution >= 0.6 is 0 Å². The Bertz CT molecular complexity index is 1370. The number of oxazole rings is 1. The number of rotatable bonds is 6. The number of carbonyl (C=O) groups is 2. The first-order chi connectivity index (χ1) is 17.5. The van der Waals surface area contributed by atoms with E-state index in [1.807, 2.05) is 24.3 Å². The largest absolute Gasteiger partial charge is 0.508 e. The van der Waals surface area contributed by atoms with Gasteiger partial charge in [-0.2, -0.15) is 0 Å². The van der Waals surface area contributed by atoms with Gasteiger partial charge in [0.2, 0.25) is 5.89 Å².